The third kappa shape index (κ3) is 4.31. The molecule has 0 spiro atoms. The summed E-state index contributed by atoms with van der Waals surface area (Å²) in [6.07, 6.45) is 0.568. The van der Waals surface area contributed by atoms with E-state index in [2.05, 4.69) is 4.90 Å². The van der Waals surface area contributed by atoms with Crippen molar-refractivity contribution < 1.29 is 9.53 Å². The van der Waals surface area contributed by atoms with Gasteiger partial charge in [0.2, 0.25) is 0 Å². The maximum Gasteiger partial charge on any atom is 0.131 e. The molecule has 0 radical (unpaired) electrons. The summed E-state index contributed by atoms with van der Waals surface area (Å²) in [7, 11) is 3.64. The normalized spacial score (nSPS) is 10.8. The van der Waals surface area contributed by atoms with Crippen LogP contribution in [0.25, 0.3) is 0 Å². The number of rotatable bonds is 6. The van der Waals surface area contributed by atoms with Crippen LogP contribution in [0.1, 0.15) is 24.5 Å². The van der Waals surface area contributed by atoms with Gasteiger partial charge in [-0.05, 0) is 38.6 Å². The number of Topliss-reactive ketones (excluding diaryl/α,β-unsaturated/α-hetero) is 1. The number of carbonyl (C=O) groups is 1. The molecule has 0 heterocycles. The van der Waals surface area contributed by atoms with Crippen LogP contribution in [0, 0.1) is 6.92 Å². The quantitative estimate of drug-likeness (QED) is 0.795. The van der Waals surface area contributed by atoms with Gasteiger partial charge in [-0.2, -0.15) is 0 Å². The molecule has 100 valence electrons. The second-order valence-electron chi connectivity index (χ2n) is 4.60. The third-order valence-corrected chi connectivity index (χ3v) is 3.25. The number of ketones is 1. The number of carbonyl (C=O) groups excluding carboxylic acids is 1. The van der Waals surface area contributed by atoms with Crippen molar-refractivity contribution in [2.45, 2.75) is 26.8 Å². The van der Waals surface area contributed by atoms with Gasteiger partial charge in [-0.15, -0.1) is 0 Å². The van der Waals surface area contributed by atoms with Crippen molar-refractivity contribution in [2.75, 3.05) is 20.7 Å². The molecule has 4 heteroatoms. The summed E-state index contributed by atoms with van der Waals surface area (Å²) >= 11 is 6.13. The van der Waals surface area contributed by atoms with E-state index < -0.39 is 0 Å². The van der Waals surface area contributed by atoms with E-state index >= 15 is 0 Å². The number of nitrogens with zero attached hydrogens (tertiary/aromatic N) is 1. The molecule has 0 N–H and O–H groups in total. The monoisotopic (exact) mass is 269 g/mol. The fourth-order valence-electron chi connectivity index (χ4n) is 1.73. The smallest absolute Gasteiger partial charge is 0.131 e. The van der Waals surface area contributed by atoms with Crippen molar-refractivity contribution in [3.8, 4) is 5.75 Å². The zero-order chi connectivity index (χ0) is 13.7. The van der Waals surface area contributed by atoms with Crippen LogP contribution in [-0.2, 0) is 11.3 Å². The number of aryl methyl sites for hydroxylation is 1. The molecule has 3 nitrogen and oxygen atoms in total. The number of ether oxygens (including phenoxy) is 1. The molecule has 18 heavy (non-hydrogen) atoms. The van der Waals surface area contributed by atoms with Crippen molar-refractivity contribution in [3.05, 3.63) is 28.3 Å². The second-order valence-corrected chi connectivity index (χ2v) is 5.01. The van der Waals surface area contributed by atoms with Crippen LogP contribution in [0.2, 0.25) is 5.02 Å². The van der Waals surface area contributed by atoms with E-state index in [1.807, 2.05) is 26.1 Å². The van der Waals surface area contributed by atoms with Gasteiger partial charge in [0.05, 0.1) is 7.11 Å². The van der Waals surface area contributed by atoms with Crippen LogP contribution in [0.3, 0.4) is 0 Å². The first-order valence-electron chi connectivity index (χ1n) is 5.95. The van der Waals surface area contributed by atoms with Crippen molar-refractivity contribution in [2.24, 2.45) is 0 Å². The van der Waals surface area contributed by atoms with Gasteiger partial charge in [-0.3, -0.25) is 4.79 Å². The maximum atomic E-state index is 11.0. The molecule has 1 rings (SSSR count). The highest BCUT2D eigenvalue weighted by Gasteiger charge is 2.09. The van der Waals surface area contributed by atoms with E-state index in [4.69, 9.17) is 16.3 Å². The highest BCUT2D eigenvalue weighted by Crippen LogP contribution is 2.27. The predicted octanol–water partition coefficient (Wildman–Crippen LogP) is 3.07. The molecule has 0 fully saturated rings. The molecule has 0 aliphatic heterocycles. The number of methoxy groups -OCH3 is 1. The molecular weight excluding hydrogens is 250 g/mol. The Balaban J connectivity index is 2.76. The minimum absolute atomic E-state index is 0.204. The number of hydrogen-bond donors (Lipinski definition) is 0. The second kappa shape index (κ2) is 6.76. The summed E-state index contributed by atoms with van der Waals surface area (Å²) in [5, 5.41) is 0.741. The van der Waals surface area contributed by atoms with Crippen LogP contribution in [0.5, 0.6) is 5.75 Å². The van der Waals surface area contributed by atoms with E-state index in [-0.39, 0.29) is 5.78 Å². The topological polar surface area (TPSA) is 29.5 Å². The fourth-order valence-corrected chi connectivity index (χ4v) is 1.91. The average molecular weight is 270 g/mol. The van der Waals surface area contributed by atoms with Crippen molar-refractivity contribution in [1.29, 1.82) is 0 Å². The Morgan fingerprint density at radius 2 is 2.11 bits per heavy atom. The predicted molar refractivity (Wildman–Crippen MR) is 74.4 cm³/mol. The molecule has 1 aromatic rings. The van der Waals surface area contributed by atoms with E-state index in [0.29, 0.717) is 6.42 Å². The lowest BCUT2D eigenvalue weighted by Gasteiger charge is -2.18. The SMILES string of the molecule is COc1cc(C)c(Cl)cc1CN(C)CCC(C)=O. The van der Waals surface area contributed by atoms with E-state index in [9.17, 15) is 4.79 Å². The molecule has 0 bridgehead atoms. The van der Waals surface area contributed by atoms with Crippen molar-refractivity contribution in [3.63, 3.8) is 0 Å². The number of halogens is 1. The van der Waals surface area contributed by atoms with Crippen LogP contribution in [-0.4, -0.2) is 31.4 Å². The lowest BCUT2D eigenvalue weighted by Crippen LogP contribution is -2.21. The Morgan fingerprint density at radius 3 is 2.67 bits per heavy atom. The Morgan fingerprint density at radius 1 is 1.44 bits per heavy atom. The molecule has 0 aliphatic rings. The first-order chi connectivity index (χ1) is 8.43. The molecule has 0 amide bonds. The minimum atomic E-state index is 0.204. The van der Waals surface area contributed by atoms with Gasteiger partial charge in [0, 0.05) is 30.1 Å². The van der Waals surface area contributed by atoms with E-state index in [1.54, 1.807) is 14.0 Å². The highest BCUT2D eigenvalue weighted by atomic mass is 35.5. The molecular formula is C14H20ClNO2. The average Bonchev–Trinajstić information content (AvgIpc) is 2.31. The zero-order valence-corrected chi connectivity index (χ0v) is 12.2. The Labute approximate surface area is 114 Å². The summed E-state index contributed by atoms with van der Waals surface area (Å²) in [5.74, 6) is 1.04. The summed E-state index contributed by atoms with van der Waals surface area (Å²) in [5.41, 5.74) is 2.04. The molecule has 0 aromatic heterocycles. The van der Waals surface area contributed by atoms with Gasteiger partial charge >= 0.3 is 0 Å². The first-order valence-corrected chi connectivity index (χ1v) is 6.32. The standard InChI is InChI=1S/C14H20ClNO2/c1-10-7-14(18-4)12(8-13(10)15)9-16(3)6-5-11(2)17/h7-8H,5-6,9H2,1-4H3. The molecule has 0 atom stereocenters. The van der Waals surface area contributed by atoms with Crippen molar-refractivity contribution in [1.82, 2.24) is 4.90 Å². The molecule has 0 saturated heterocycles. The number of benzene rings is 1. The number of hydrogen-bond acceptors (Lipinski definition) is 3. The lowest BCUT2D eigenvalue weighted by molar-refractivity contribution is -0.117. The van der Waals surface area contributed by atoms with Gasteiger partial charge in [0.1, 0.15) is 11.5 Å². The summed E-state index contributed by atoms with van der Waals surface area (Å²) in [6, 6.07) is 3.87. The summed E-state index contributed by atoms with van der Waals surface area (Å²) < 4.78 is 5.36. The lowest BCUT2D eigenvalue weighted by atomic mass is 10.1. The molecule has 1 aromatic carbocycles. The molecule has 0 aliphatic carbocycles. The van der Waals surface area contributed by atoms with Gasteiger partial charge in [0.25, 0.3) is 0 Å². The summed E-state index contributed by atoms with van der Waals surface area (Å²) in [4.78, 5) is 13.0. The summed E-state index contributed by atoms with van der Waals surface area (Å²) in [6.45, 7) is 5.02. The third-order valence-electron chi connectivity index (χ3n) is 2.85. The van der Waals surface area contributed by atoms with Gasteiger partial charge in [-0.1, -0.05) is 11.6 Å². The van der Waals surface area contributed by atoms with E-state index in [0.717, 1.165) is 35.0 Å². The molecule has 0 saturated carbocycles. The maximum absolute atomic E-state index is 11.0. The Hall–Kier alpha value is -1.06. The van der Waals surface area contributed by atoms with Crippen LogP contribution in [0.4, 0.5) is 0 Å². The van der Waals surface area contributed by atoms with Gasteiger partial charge < -0.3 is 9.64 Å². The molecule has 0 unspecified atom stereocenters. The van der Waals surface area contributed by atoms with Crippen LogP contribution < -0.4 is 4.74 Å². The highest BCUT2D eigenvalue weighted by molar-refractivity contribution is 6.31. The van der Waals surface area contributed by atoms with Crippen molar-refractivity contribution >= 4 is 17.4 Å². The van der Waals surface area contributed by atoms with E-state index in [1.165, 1.54) is 0 Å². The van der Waals surface area contributed by atoms with Crippen LogP contribution >= 0.6 is 11.6 Å². The Bertz CT molecular complexity index is 432. The van der Waals surface area contributed by atoms with Crippen LogP contribution in [0.15, 0.2) is 12.1 Å². The Kier molecular flexibility index (Phi) is 5.63. The van der Waals surface area contributed by atoms with Gasteiger partial charge in [0.15, 0.2) is 0 Å². The zero-order valence-electron chi connectivity index (χ0n) is 11.4. The largest absolute Gasteiger partial charge is 0.496 e. The first kappa shape index (κ1) is 15.0. The van der Waals surface area contributed by atoms with Gasteiger partial charge in [-0.25, -0.2) is 0 Å². The fraction of sp³-hybridized carbons (Fsp3) is 0.500. The minimum Gasteiger partial charge on any atom is -0.496 e.